The van der Waals surface area contributed by atoms with Gasteiger partial charge in [-0.25, -0.2) is 9.59 Å². The molecule has 4 heteroatoms. The molecule has 0 saturated carbocycles. The highest BCUT2D eigenvalue weighted by atomic mass is 16.4. The third-order valence-corrected chi connectivity index (χ3v) is 3.48. The lowest BCUT2D eigenvalue weighted by molar-refractivity contribution is 0.0696. The molecule has 2 N–H and O–H groups in total. The van der Waals surface area contributed by atoms with Crippen LogP contribution < -0.4 is 0 Å². The van der Waals surface area contributed by atoms with Gasteiger partial charge in [0.05, 0.1) is 11.1 Å². The van der Waals surface area contributed by atoms with Gasteiger partial charge < -0.3 is 10.2 Å². The van der Waals surface area contributed by atoms with E-state index in [0.29, 0.717) is 0 Å². The Balaban J connectivity index is 0.000000170. The van der Waals surface area contributed by atoms with E-state index in [0.717, 1.165) is 6.42 Å². The van der Waals surface area contributed by atoms with Gasteiger partial charge in [-0.05, 0) is 42.2 Å². The Labute approximate surface area is 128 Å². The molecule has 0 bridgehead atoms. The van der Waals surface area contributed by atoms with Crippen molar-refractivity contribution in [1.82, 2.24) is 0 Å². The van der Waals surface area contributed by atoms with Crippen LogP contribution in [0.25, 0.3) is 6.08 Å². The maximum Gasteiger partial charge on any atom is 0.335 e. The van der Waals surface area contributed by atoms with Crippen molar-refractivity contribution in [2.45, 2.75) is 13.3 Å². The van der Waals surface area contributed by atoms with Crippen molar-refractivity contribution in [1.29, 1.82) is 0 Å². The number of hydrogen-bond donors (Lipinski definition) is 2. The number of rotatable bonds is 2. The van der Waals surface area contributed by atoms with Crippen molar-refractivity contribution in [2.24, 2.45) is 0 Å². The molecule has 3 rings (SSSR count). The van der Waals surface area contributed by atoms with Gasteiger partial charge in [-0.3, -0.25) is 0 Å². The summed E-state index contributed by atoms with van der Waals surface area (Å²) >= 11 is 0. The molecule has 2 aromatic rings. The summed E-state index contributed by atoms with van der Waals surface area (Å²) in [4.78, 5) is 21.2. The summed E-state index contributed by atoms with van der Waals surface area (Å²) in [5.74, 6) is -2.22. The fourth-order valence-electron chi connectivity index (χ4n) is 2.29. The van der Waals surface area contributed by atoms with Crippen LogP contribution >= 0.6 is 0 Å². The summed E-state index contributed by atoms with van der Waals surface area (Å²) in [6.07, 6.45) is 5.50. The predicted octanol–water partition coefficient (Wildman–Crippen LogP) is 3.65. The maximum atomic E-state index is 10.6. The predicted molar refractivity (Wildman–Crippen MR) is 84.3 cm³/mol. The van der Waals surface area contributed by atoms with Crippen molar-refractivity contribution in [2.75, 3.05) is 0 Å². The molecule has 112 valence electrons. The van der Waals surface area contributed by atoms with Crippen LogP contribution in [-0.4, -0.2) is 22.2 Å². The number of hydrogen-bond acceptors (Lipinski definition) is 2. The van der Waals surface area contributed by atoms with E-state index in [2.05, 4.69) is 36.4 Å². The first kappa shape index (κ1) is 15.5. The summed E-state index contributed by atoms with van der Waals surface area (Å²) in [5.41, 5.74) is 3.18. The number of carboxylic acids is 2. The first-order valence-electron chi connectivity index (χ1n) is 6.81. The Morgan fingerprint density at radius 2 is 1.50 bits per heavy atom. The van der Waals surface area contributed by atoms with Crippen LogP contribution in [0.1, 0.15) is 37.4 Å². The molecule has 4 nitrogen and oxygen atoms in total. The number of carbonyl (C=O) groups is 2. The summed E-state index contributed by atoms with van der Waals surface area (Å²) < 4.78 is 0. The lowest BCUT2D eigenvalue weighted by Crippen LogP contribution is -2.06. The van der Waals surface area contributed by atoms with Crippen molar-refractivity contribution < 1.29 is 19.8 Å². The van der Waals surface area contributed by atoms with Crippen LogP contribution in [0.3, 0.4) is 0 Å². The largest absolute Gasteiger partial charge is 0.478 e. The van der Waals surface area contributed by atoms with E-state index in [9.17, 15) is 9.59 Å². The zero-order valence-electron chi connectivity index (χ0n) is 12.1. The van der Waals surface area contributed by atoms with Crippen LogP contribution in [0.2, 0.25) is 0 Å². The first-order chi connectivity index (χ1) is 10.5. The average Bonchev–Trinajstić information content (AvgIpc) is 2.96. The molecule has 0 heterocycles. The standard InChI is InChI=1S/C9H8O4.C9H8/c1-5-6(8(10)11)3-2-4-7(5)9(12)13;1-2-5-9-7-3-6-8(9)4-1/h2-4H,1H3,(H,10,11)(H,12,13);1-6H,7H2. The molecule has 0 aliphatic heterocycles. The van der Waals surface area contributed by atoms with Crippen molar-refractivity contribution in [3.8, 4) is 0 Å². The fourth-order valence-corrected chi connectivity index (χ4v) is 2.29. The molecular formula is C18H16O4. The Morgan fingerprint density at radius 1 is 0.909 bits per heavy atom. The van der Waals surface area contributed by atoms with Crippen molar-refractivity contribution in [3.63, 3.8) is 0 Å². The quantitative estimate of drug-likeness (QED) is 0.887. The van der Waals surface area contributed by atoms with Gasteiger partial charge in [0.1, 0.15) is 0 Å². The highest BCUT2D eigenvalue weighted by Crippen LogP contribution is 2.17. The fraction of sp³-hybridized carbons (Fsp3) is 0.111. The molecule has 0 fully saturated rings. The lowest BCUT2D eigenvalue weighted by atomic mass is 10.0. The molecule has 2 aromatic carbocycles. The van der Waals surface area contributed by atoms with Gasteiger partial charge in [0, 0.05) is 0 Å². The normalized spacial score (nSPS) is 11.3. The highest BCUT2D eigenvalue weighted by molar-refractivity contribution is 5.96. The molecule has 0 aromatic heterocycles. The first-order valence-corrected chi connectivity index (χ1v) is 6.81. The molecular weight excluding hydrogens is 280 g/mol. The second kappa shape index (κ2) is 6.72. The Morgan fingerprint density at radius 3 is 2.05 bits per heavy atom. The van der Waals surface area contributed by atoms with Crippen molar-refractivity contribution >= 4 is 18.0 Å². The highest BCUT2D eigenvalue weighted by Gasteiger charge is 2.13. The van der Waals surface area contributed by atoms with Crippen molar-refractivity contribution in [3.05, 3.63) is 76.4 Å². The molecule has 1 aliphatic carbocycles. The zero-order chi connectivity index (χ0) is 16.1. The molecule has 0 unspecified atom stereocenters. The minimum Gasteiger partial charge on any atom is -0.478 e. The molecule has 0 amide bonds. The summed E-state index contributed by atoms with van der Waals surface area (Å²) in [6, 6.07) is 12.7. The SMILES string of the molecule is C1=Cc2ccccc2C1.Cc1c(C(=O)O)cccc1C(=O)O. The molecule has 1 aliphatic rings. The third kappa shape index (κ3) is 3.41. The third-order valence-electron chi connectivity index (χ3n) is 3.48. The second-order valence-corrected chi connectivity index (χ2v) is 4.89. The number of fused-ring (bicyclic) bond motifs is 1. The molecule has 0 atom stereocenters. The van der Waals surface area contributed by atoms with Crippen LogP contribution in [0.15, 0.2) is 48.5 Å². The van der Waals surface area contributed by atoms with E-state index in [1.54, 1.807) is 0 Å². The molecule has 0 radical (unpaired) electrons. The summed E-state index contributed by atoms with van der Waals surface area (Å²) in [6.45, 7) is 1.48. The monoisotopic (exact) mass is 296 g/mol. The smallest absolute Gasteiger partial charge is 0.335 e. The van der Waals surface area contributed by atoms with E-state index in [1.165, 1.54) is 36.2 Å². The number of allylic oxidation sites excluding steroid dienone is 1. The van der Waals surface area contributed by atoms with Gasteiger partial charge in [0.15, 0.2) is 0 Å². The molecule has 0 spiro atoms. The van der Waals surface area contributed by atoms with Gasteiger partial charge in [0.2, 0.25) is 0 Å². The van der Waals surface area contributed by atoms with Gasteiger partial charge in [-0.15, -0.1) is 0 Å². The minimum atomic E-state index is -1.11. The summed E-state index contributed by atoms with van der Waals surface area (Å²) in [7, 11) is 0. The van der Waals surface area contributed by atoms with Gasteiger partial charge >= 0.3 is 11.9 Å². The maximum absolute atomic E-state index is 10.6. The lowest BCUT2D eigenvalue weighted by Gasteiger charge is -2.03. The van der Waals surface area contributed by atoms with Crippen LogP contribution in [0.5, 0.6) is 0 Å². The minimum absolute atomic E-state index is 0.0277. The van der Waals surface area contributed by atoms with E-state index in [1.807, 2.05) is 0 Å². The van der Waals surface area contributed by atoms with Crippen LogP contribution in [-0.2, 0) is 6.42 Å². The summed E-state index contributed by atoms with van der Waals surface area (Å²) in [5, 5.41) is 17.4. The number of aromatic carboxylic acids is 2. The van der Waals surface area contributed by atoms with Gasteiger partial charge in [-0.1, -0.05) is 42.5 Å². The Bertz CT molecular complexity index is 712. The van der Waals surface area contributed by atoms with E-state index in [-0.39, 0.29) is 16.7 Å². The molecule has 0 saturated heterocycles. The topological polar surface area (TPSA) is 74.6 Å². The van der Waals surface area contributed by atoms with E-state index >= 15 is 0 Å². The van der Waals surface area contributed by atoms with Crippen LogP contribution in [0.4, 0.5) is 0 Å². The molecule has 22 heavy (non-hydrogen) atoms. The average molecular weight is 296 g/mol. The van der Waals surface area contributed by atoms with E-state index < -0.39 is 11.9 Å². The van der Waals surface area contributed by atoms with Gasteiger partial charge in [0.25, 0.3) is 0 Å². The Hall–Kier alpha value is -2.88. The van der Waals surface area contributed by atoms with Gasteiger partial charge in [-0.2, -0.15) is 0 Å². The Kier molecular flexibility index (Phi) is 4.73. The number of benzene rings is 2. The van der Waals surface area contributed by atoms with E-state index in [4.69, 9.17) is 10.2 Å². The zero-order valence-corrected chi connectivity index (χ0v) is 12.1. The van der Waals surface area contributed by atoms with Crippen LogP contribution in [0, 0.1) is 6.92 Å². The second-order valence-electron chi connectivity index (χ2n) is 4.89. The number of carboxylic acid groups (broad SMARTS) is 2.